The van der Waals surface area contributed by atoms with Crippen molar-refractivity contribution in [2.24, 2.45) is 5.73 Å². The first-order valence-electron chi connectivity index (χ1n) is 8.21. The summed E-state index contributed by atoms with van der Waals surface area (Å²) in [5, 5.41) is 0. The van der Waals surface area contributed by atoms with Gasteiger partial charge in [-0.2, -0.15) is 0 Å². The van der Waals surface area contributed by atoms with Crippen LogP contribution in [-0.2, 0) is 12.0 Å². The van der Waals surface area contributed by atoms with Crippen LogP contribution in [-0.4, -0.2) is 6.54 Å². The molecule has 2 heteroatoms. The quantitative estimate of drug-likeness (QED) is 0.890. The molecule has 0 saturated heterocycles. The molecule has 2 aromatic carbocycles. The summed E-state index contributed by atoms with van der Waals surface area (Å²) in [6, 6.07) is 16.9. The van der Waals surface area contributed by atoms with Crippen molar-refractivity contribution in [1.29, 1.82) is 0 Å². The SMILES string of the molecule is Cc1cc(C2(CN)CCCC2)ccc1OCc1ccccc1. The minimum absolute atomic E-state index is 0.197. The van der Waals surface area contributed by atoms with E-state index in [0.717, 1.165) is 12.3 Å². The van der Waals surface area contributed by atoms with E-state index in [2.05, 4.69) is 37.3 Å². The van der Waals surface area contributed by atoms with Gasteiger partial charge in [0.1, 0.15) is 12.4 Å². The third kappa shape index (κ3) is 3.02. The predicted octanol–water partition coefficient (Wildman–Crippen LogP) is 4.34. The summed E-state index contributed by atoms with van der Waals surface area (Å²) < 4.78 is 5.98. The van der Waals surface area contributed by atoms with Gasteiger partial charge in [0.05, 0.1) is 0 Å². The largest absolute Gasteiger partial charge is 0.489 e. The van der Waals surface area contributed by atoms with Crippen molar-refractivity contribution in [2.75, 3.05) is 6.54 Å². The van der Waals surface area contributed by atoms with E-state index in [1.807, 2.05) is 18.2 Å². The van der Waals surface area contributed by atoms with Crippen LogP contribution in [0.1, 0.15) is 42.4 Å². The molecule has 0 atom stereocenters. The Kier molecular flexibility index (Phi) is 4.49. The number of benzene rings is 2. The zero-order valence-electron chi connectivity index (χ0n) is 13.3. The minimum atomic E-state index is 0.197. The topological polar surface area (TPSA) is 35.2 Å². The van der Waals surface area contributed by atoms with Crippen molar-refractivity contribution in [3.05, 3.63) is 65.2 Å². The molecule has 2 aromatic rings. The van der Waals surface area contributed by atoms with Crippen LogP contribution >= 0.6 is 0 Å². The molecule has 1 aliphatic carbocycles. The Morgan fingerprint density at radius 3 is 2.41 bits per heavy atom. The second-order valence-corrected chi connectivity index (χ2v) is 6.45. The van der Waals surface area contributed by atoms with Gasteiger partial charge in [-0.3, -0.25) is 0 Å². The van der Waals surface area contributed by atoms with E-state index in [0.29, 0.717) is 6.61 Å². The smallest absolute Gasteiger partial charge is 0.122 e. The zero-order valence-corrected chi connectivity index (χ0v) is 13.3. The van der Waals surface area contributed by atoms with Gasteiger partial charge < -0.3 is 10.5 Å². The highest BCUT2D eigenvalue weighted by molar-refractivity contribution is 5.40. The molecule has 1 saturated carbocycles. The van der Waals surface area contributed by atoms with Gasteiger partial charge >= 0.3 is 0 Å². The van der Waals surface area contributed by atoms with Crippen LogP contribution in [0, 0.1) is 6.92 Å². The molecule has 0 unspecified atom stereocenters. The summed E-state index contributed by atoms with van der Waals surface area (Å²) in [7, 11) is 0. The van der Waals surface area contributed by atoms with E-state index < -0.39 is 0 Å². The van der Waals surface area contributed by atoms with Crippen molar-refractivity contribution in [3.63, 3.8) is 0 Å². The molecule has 0 bridgehead atoms. The molecule has 0 radical (unpaired) electrons. The summed E-state index contributed by atoms with van der Waals surface area (Å²) in [6.07, 6.45) is 5.02. The molecule has 2 nitrogen and oxygen atoms in total. The summed E-state index contributed by atoms with van der Waals surface area (Å²) in [4.78, 5) is 0. The fraction of sp³-hybridized carbons (Fsp3) is 0.400. The van der Waals surface area contributed by atoms with E-state index in [1.165, 1.54) is 42.4 Å². The van der Waals surface area contributed by atoms with Gasteiger partial charge in [0, 0.05) is 12.0 Å². The van der Waals surface area contributed by atoms with Gasteiger partial charge in [-0.1, -0.05) is 55.3 Å². The Balaban J connectivity index is 1.75. The molecule has 1 fully saturated rings. The lowest BCUT2D eigenvalue weighted by Gasteiger charge is -2.28. The molecular formula is C20H25NO. The van der Waals surface area contributed by atoms with Crippen molar-refractivity contribution >= 4 is 0 Å². The van der Waals surface area contributed by atoms with Crippen LogP contribution in [0.25, 0.3) is 0 Å². The first-order chi connectivity index (χ1) is 10.7. The third-order valence-electron chi connectivity index (χ3n) is 4.98. The minimum Gasteiger partial charge on any atom is -0.489 e. The summed E-state index contributed by atoms with van der Waals surface area (Å²) in [5.41, 5.74) is 10.1. The number of rotatable bonds is 5. The lowest BCUT2D eigenvalue weighted by molar-refractivity contribution is 0.303. The first kappa shape index (κ1) is 15.1. The lowest BCUT2D eigenvalue weighted by Crippen LogP contribution is -2.32. The van der Waals surface area contributed by atoms with Crippen molar-refractivity contribution in [2.45, 2.75) is 44.6 Å². The highest BCUT2D eigenvalue weighted by Gasteiger charge is 2.34. The van der Waals surface area contributed by atoms with Crippen LogP contribution in [0.4, 0.5) is 0 Å². The molecule has 0 amide bonds. The van der Waals surface area contributed by atoms with E-state index in [1.54, 1.807) is 0 Å². The molecule has 1 aliphatic rings. The predicted molar refractivity (Wildman–Crippen MR) is 91.2 cm³/mol. The molecule has 22 heavy (non-hydrogen) atoms. The standard InChI is InChI=1S/C20H25NO/c1-16-13-18(20(15-21)11-5-6-12-20)9-10-19(16)22-14-17-7-3-2-4-8-17/h2-4,7-10,13H,5-6,11-12,14-15,21H2,1H3. The highest BCUT2D eigenvalue weighted by Crippen LogP contribution is 2.41. The highest BCUT2D eigenvalue weighted by atomic mass is 16.5. The second kappa shape index (κ2) is 6.53. The Labute approximate surface area is 133 Å². The van der Waals surface area contributed by atoms with Crippen molar-refractivity contribution in [1.82, 2.24) is 0 Å². The number of nitrogens with two attached hydrogens (primary N) is 1. The van der Waals surface area contributed by atoms with Crippen LogP contribution in [0.2, 0.25) is 0 Å². The molecule has 116 valence electrons. The number of aryl methyl sites for hydroxylation is 1. The monoisotopic (exact) mass is 295 g/mol. The molecule has 0 aliphatic heterocycles. The third-order valence-corrected chi connectivity index (χ3v) is 4.98. The van der Waals surface area contributed by atoms with Gasteiger partial charge in [0.15, 0.2) is 0 Å². The fourth-order valence-electron chi connectivity index (χ4n) is 3.54. The average molecular weight is 295 g/mol. The molecule has 0 spiro atoms. The Hall–Kier alpha value is -1.80. The van der Waals surface area contributed by atoms with Crippen LogP contribution in [0.15, 0.2) is 48.5 Å². The van der Waals surface area contributed by atoms with E-state index in [9.17, 15) is 0 Å². The molecule has 0 heterocycles. The average Bonchev–Trinajstić information content (AvgIpc) is 3.05. The van der Waals surface area contributed by atoms with Gasteiger partial charge in [-0.05, 0) is 42.5 Å². The summed E-state index contributed by atoms with van der Waals surface area (Å²) in [5.74, 6) is 0.970. The summed E-state index contributed by atoms with van der Waals surface area (Å²) in [6.45, 7) is 3.49. The Morgan fingerprint density at radius 2 is 1.77 bits per heavy atom. The zero-order chi connectivity index (χ0) is 15.4. The van der Waals surface area contributed by atoms with Gasteiger partial charge in [0.25, 0.3) is 0 Å². The maximum absolute atomic E-state index is 6.09. The number of hydrogen-bond donors (Lipinski definition) is 1. The van der Waals surface area contributed by atoms with Gasteiger partial charge in [-0.25, -0.2) is 0 Å². The van der Waals surface area contributed by atoms with Crippen LogP contribution in [0.3, 0.4) is 0 Å². The van der Waals surface area contributed by atoms with Gasteiger partial charge in [0.2, 0.25) is 0 Å². The molecule has 0 aromatic heterocycles. The van der Waals surface area contributed by atoms with Crippen molar-refractivity contribution < 1.29 is 4.74 Å². The maximum Gasteiger partial charge on any atom is 0.122 e. The van der Waals surface area contributed by atoms with E-state index in [4.69, 9.17) is 10.5 Å². The van der Waals surface area contributed by atoms with E-state index in [-0.39, 0.29) is 5.41 Å². The number of ether oxygens (including phenoxy) is 1. The number of hydrogen-bond acceptors (Lipinski definition) is 2. The van der Waals surface area contributed by atoms with E-state index >= 15 is 0 Å². The first-order valence-corrected chi connectivity index (χ1v) is 8.21. The summed E-state index contributed by atoms with van der Waals surface area (Å²) >= 11 is 0. The second-order valence-electron chi connectivity index (χ2n) is 6.45. The Morgan fingerprint density at radius 1 is 1.05 bits per heavy atom. The van der Waals surface area contributed by atoms with Crippen LogP contribution < -0.4 is 10.5 Å². The molecule has 2 N–H and O–H groups in total. The fourth-order valence-corrected chi connectivity index (χ4v) is 3.54. The van der Waals surface area contributed by atoms with Crippen molar-refractivity contribution in [3.8, 4) is 5.75 Å². The molecule has 3 rings (SSSR count). The maximum atomic E-state index is 6.09. The Bertz CT molecular complexity index is 615. The lowest BCUT2D eigenvalue weighted by atomic mass is 9.78. The van der Waals surface area contributed by atoms with Gasteiger partial charge in [-0.15, -0.1) is 0 Å². The van der Waals surface area contributed by atoms with Crippen LogP contribution in [0.5, 0.6) is 5.75 Å². The molecular weight excluding hydrogens is 270 g/mol. The normalized spacial score (nSPS) is 16.6.